The summed E-state index contributed by atoms with van der Waals surface area (Å²) in [6.07, 6.45) is 4.86. The Morgan fingerprint density at radius 3 is 2.67 bits per heavy atom. The van der Waals surface area contributed by atoms with Crippen molar-refractivity contribution in [2.24, 2.45) is 0 Å². The molecule has 1 heterocycles. The summed E-state index contributed by atoms with van der Waals surface area (Å²) in [6.45, 7) is 0.543. The lowest BCUT2D eigenvalue weighted by Gasteiger charge is -2.36. The van der Waals surface area contributed by atoms with Gasteiger partial charge in [0, 0.05) is 30.3 Å². The van der Waals surface area contributed by atoms with Crippen LogP contribution < -0.4 is 0 Å². The molecule has 6 nitrogen and oxygen atoms in total. The largest absolute Gasteiger partial charge is 0.324 e. The Bertz CT molecular complexity index is 611. The predicted molar refractivity (Wildman–Crippen MR) is 83.3 cm³/mol. The topological polar surface area (TPSA) is 80.5 Å². The fraction of sp³-hybridized carbons (Fsp3) is 0.692. The SMILES string of the molecule is CN(Cc1csc([N+](=O)[O-])c1)[C@H]1CCCC[C@H]1S(C)(=O)=O. The molecule has 0 bridgehead atoms. The smallest absolute Gasteiger partial charge is 0.298 e. The van der Waals surface area contributed by atoms with Crippen LogP contribution in [0.1, 0.15) is 31.2 Å². The molecule has 0 spiro atoms. The highest BCUT2D eigenvalue weighted by molar-refractivity contribution is 7.91. The van der Waals surface area contributed by atoms with Gasteiger partial charge in [0.25, 0.3) is 0 Å². The summed E-state index contributed by atoms with van der Waals surface area (Å²) in [7, 11) is -1.17. The number of thiophene rings is 1. The van der Waals surface area contributed by atoms with Crippen molar-refractivity contribution >= 4 is 26.2 Å². The van der Waals surface area contributed by atoms with Gasteiger partial charge in [0.15, 0.2) is 9.84 Å². The van der Waals surface area contributed by atoms with Crippen LogP contribution in [0.25, 0.3) is 0 Å². The van der Waals surface area contributed by atoms with E-state index < -0.39 is 14.8 Å². The maximum Gasteiger partial charge on any atom is 0.324 e. The van der Waals surface area contributed by atoms with Crippen molar-refractivity contribution in [2.45, 2.75) is 43.5 Å². The number of hydrogen-bond acceptors (Lipinski definition) is 6. The summed E-state index contributed by atoms with van der Waals surface area (Å²) in [6, 6.07) is 1.56. The molecule has 118 valence electrons. The Kier molecular flexibility index (Phi) is 5.00. The molecule has 0 amide bonds. The monoisotopic (exact) mass is 332 g/mol. The minimum atomic E-state index is -3.07. The molecule has 0 radical (unpaired) electrons. The molecule has 0 unspecified atom stereocenters. The molecule has 0 aromatic carbocycles. The fourth-order valence-electron chi connectivity index (χ4n) is 3.03. The van der Waals surface area contributed by atoms with Gasteiger partial charge >= 0.3 is 5.00 Å². The fourth-order valence-corrected chi connectivity index (χ4v) is 5.26. The second kappa shape index (κ2) is 6.41. The minimum Gasteiger partial charge on any atom is -0.298 e. The summed E-state index contributed by atoms with van der Waals surface area (Å²) < 4.78 is 23.9. The number of hydrogen-bond donors (Lipinski definition) is 0. The molecule has 0 aliphatic heterocycles. The van der Waals surface area contributed by atoms with Crippen LogP contribution in [0.15, 0.2) is 11.4 Å². The Morgan fingerprint density at radius 2 is 2.10 bits per heavy atom. The first kappa shape index (κ1) is 16.4. The van der Waals surface area contributed by atoms with E-state index in [0.717, 1.165) is 36.2 Å². The summed E-state index contributed by atoms with van der Waals surface area (Å²) in [4.78, 5) is 12.3. The van der Waals surface area contributed by atoms with Gasteiger partial charge in [-0.05, 0) is 25.5 Å². The second-order valence-corrected chi connectivity index (χ2v) is 8.84. The van der Waals surface area contributed by atoms with E-state index in [-0.39, 0.29) is 16.3 Å². The van der Waals surface area contributed by atoms with Gasteiger partial charge in [0.2, 0.25) is 0 Å². The van der Waals surface area contributed by atoms with Crippen LogP contribution in [0.2, 0.25) is 0 Å². The molecule has 0 N–H and O–H groups in total. The number of nitro groups is 1. The van der Waals surface area contributed by atoms with Crippen LogP contribution >= 0.6 is 11.3 Å². The van der Waals surface area contributed by atoms with Gasteiger partial charge < -0.3 is 0 Å². The van der Waals surface area contributed by atoms with Gasteiger partial charge in [-0.1, -0.05) is 24.2 Å². The van der Waals surface area contributed by atoms with Gasteiger partial charge in [-0.25, -0.2) is 8.42 Å². The quantitative estimate of drug-likeness (QED) is 0.611. The van der Waals surface area contributed by atoms with E-state index in [1.54, 1.807) is 11.4 Å². The van der Waals surface area contributed by atoms with Gasteiger partial charge in [-0.3, -0.25) is 15.0 Å². The lowest BCUT2D eigenvalue weighted by atomic mass is 9.93. The summed E-state index contributed by atoms with van der Waals surface area (Å²) in [5, 5.41) is 12.3. The Hall–Kier alpha value is -0.990. The van der Waals surface area contributed by atoms with Crippen molar-refractivity contribution < 1.29 is 13.3 Å². The molecule has 1 aromatic rings. The van der Waals surface area contributed by atoms with Gasteiger partial charge in [0.1, 0.15) is 0 Å². The van der Waals surface area contributed by atoms with E-state index in [0.29, 0.717) is 13.0 Å². The molecule has 2 rings (SSSR count). The molecule has 21 heavy (non-hydrogen) atoms. The molecule has 1 saturated carbocycles. The third-order valence-electron chi connectivity index (χ3n) is 4.04. The zero-order chi connectivity index (χ0) is 15.6. The molecule has 2 atom stereocenters. The van der Waals surface area contributed by atoms with Crippen molar-refractivity contribution in [3.05, 3.63) is 27.1 Å². The minimum absolute atomic E-state index is 0.00675. The van der Waals surface area contributed by atoms with Crippen molar-refractivity contribution in [1.29, 1.82) is 0 Å². The van der Waals surface area contributed by atoms with E-state index in [2.05, 4.69) is 0 Å². The van der Waals surface area contributed by atoms with Crippen molar-refractivity contribution in [3.63, 3.8) is 0 Å². The summed E-state index contributed by atoms with van der Waals surface area (Å²) in [5.74, 6) is 0. The van der Waals surface area contributed by atoms with Crippen LogP contribution in [0.5, 0.6) is 0 Å². The highest BCUT2D eigenvalue weighted by atomic mass is 32.2. The molecule has 1 aliphatic rings. The molecular formula is C13H20N2O4S2. The van der Waals surface area contributed by atoms with Crippen molar-refractivity contribution in [1.82, 2.24) is 4.90 Å². The zero-order valence-corrected chi connectivity index (χ0v) is 13.8. The van der Waals surface area contributed by atoms with Crippen LogP contribution in [-0.2, 0) is 16.4 Å². The van der Waals surface area contributed by atoms with Crippen LogP contribution in [0, 0.1) is 10.1 Å². The van der Waals surface area contributed by atoms with E-state index in [1.807, 2.05) is 11.9 Å². The Balaban J connectivity index is 2.10. The van der Waals surface area contributed by atoms with E-state index >= 15 is 0 Å². The number of nitrogens with zero attached hydrogens (tertiary/aromatic N) is 2. The summed E-state index contributed by atoms with van der Waals surface area (Å²) >= 11 is 1.11. The average Bonchev–Trinajstić information content (AvgIpc) is 2.86. The Morgan fingerprint density at radius 1 is 1.43 bits per heavy atom. The van der Waals surface area contributed by atoms with Crippen molar-refractivity contribution in [3.8, 4) is 0 Å². The lowest BCUT2D eigenvalue weighted by Crippen LogP contribution is -2.46. The predicted octanol–water partition coefficient (Wildman–Crippen LogP) is 2.44. The Labute approximate surface area is 128 Å². The molecule has 1 fully saturated rings. The van der Waals surface area contributed by atoms with E-state index in [9.17, 15) is 18.5 Å². The van der Waals surface area contributed by atoms with Gasteiger partial charge in [0.05, 0.1) is 10.2 Å². The van der Waals surface area contributed by atoms with Crippen molar-refractivity contribution in [2.75, 3.05) is 13.3 Å². The first-order valence-electron chi connectivity index (χ1n) is 6.90. The highest BCUT2D eigenvalue weighted by Gasteiger charge is 2.35. The maximum absolute atomic E-state index is 11.9. The normalized spacial score (nSPS) is 23.4. The molecule has 1 aromatic heterocycles. The van der Waals surface area contributed by atoms with Crippen LogP contribution in [0.4, 0.5) is 5.00 Å². The van der Waals surface area contributed by atoms with E-state index in [4.69, 9.17) is 0 Å². The maximum atomic E-state index is 11.9. The number of sulfone groups is 1. The van der Waals surface area contributed by atoms with E-state index in [1.165, 1.54) is 6.26 Å². The molecule has 8 heteroatoms. The summed E-state index contributed by atoms with van der Waals surface area (Å²) in [5.41, 5.74) is 0.868. The molecular weight excluding hydrogens is 312 g/mol. The first-order valence-corrected chi connectivity index (χ1v) is 9.73. The number of rotatable bonds is 5. The molecule has 0 saturated heterocycles. The third-order valence-corrected chi connectivity index (χ3v) is 6.61. The van der Waals surface area contributed by atoms with Gasteiger partial charge in [-0.2, -0.15) is 0 Å². The highest BCUT2D eigenvalue weighted by Crippen LogP contribution is 2.29. The first-order chi connectivity index (χ1) is 9.79. The lowest BCUT2D eigenvalue weighted by molar-refractivity contribution is -0.380. The molecule has 1 aliphatic carbocycles. The zero-order valence-electron chi connectivity index (χ0n) is 12.2. The van der Waals surface area contributed by atoms with Crippen LogP contribution in [0.3, 0.4) is 0 Å². The van der Waals surface area contributed by atoms with Crippen LogP contribution in [-0.4, -0.2) is 42.8 Å². The van der Waals surface area contributed by atoms with Gasteiger partial charge in [-0.15, -0.1) is 0 Å². The second-order valence-electron chi connectivity index (χ2n) is 5.69. The standard InChI is InChI=1S/C13H20N2O4S2/c1-14(8-10-7-13(15(16)17)20-9-10)11-5-3-4-6-12(11)21(2,18)19/h7,9,11-12H,3-6,8H2,1-2H3/t11-,12+/m0/s1. The third kappa shape index (κ3) is 4.02. The average molecular weight is 332 g/mol.